The molecule has 4 nitrogen and oxygen atoms in total. The molecular weight excluding hydrogens is 281 g/mol. The molecule has 2 rings (SSSR count). The number of hydrogen-bond acceptors (Lipinski definition) is 3. The molecule has 2 aliphatic heterocycles. The molecule has 1 amide bonds. The summed E-state index contributed by atoms with van der Waals surface area (Å²) in [5, 5.41) is 5.88. The lowest BCUT2D eigenvalue weighted by atomic mass is 9.88. The molecule has 0 aliphatic carbocycles. The fraction of sp³-hybridized carbons (Fsp3) is 0.500. The predicted molar refractivity (Wildman–Crippen MR) is 77.0 cm³/mol. The molecule has 20 heavy (non-hydrogen) atoms. The number of nitrogens with zero attached hydrogens (tertiary/aromatic N) is 1. The van der Waals surface area contributed by atoms with E-state index in [4.69, 9.17) is 11.6 Å². The summed E-state index contributed by atoms with van der Waals surface area (Å²) in [6.45, 7) is 8.06. The molecule has 0 aromatic heterocycles. The normalized spacial score (nSPS) is 23.2. The molecule has 0 saturated carbocycles. The van der Waals surface area contributed by atoms with Crippen molar-refractivity contribution in [3.05, 3.63) is 35.0 Å². The third-order valence-corrected chi connectivity index (χ3v) is 3.92. The average molecular weight is 300 g/mol. The predicted octanol–water partition coefficient (Wildman–Crippen LogP) is 2.56. The number of amides is 1. The van der Waals surface area contributed by atoms with Gasteiger partial charge in [-0.1, -0.05) is 32.4 Å². The van der Waals surface area contributed by atoms with Crippen LogP contribution in [0.5, 0.6) is 0 Å². The Balaban J connectivity index is 2.12. The number of carbonyl (C=O) groups is 1. The Morgan fingerprint density at radius 1 is 1.55 bits per heavy atom. The fourth-order valence-electron chi connectivity index (χ4n) is 1.89. The molecule has 6 heteroatoms. The second-order valence-corrected chi connectivity index (χ2v) is 6.45. The van der Waals surface area contributed by atoms with Crippen molar-refractivity contribution in [3.63, 3.8) is 0 Å². The van der Waals surface area contributed by atoms with E-state index in [2.05, 4.69) is 10.6 Å². The first-order valence-electron chi connectivity index (χ1n) is 6.51. The van der Waals surface area contributed by atoms with E-state index in [1.165, 1.54) is 11.0 Å². The first-order chi connectivity index (χ1) is 9.21. The van der Waals surface area contributed by atoms with Crippen LogP contribution in [0.2, 0.25) is 0 Å². The van der Waals surface area contributed by atoms with Crippen LogP contribution in [0.25, 0.3) is 0 Å². The second-order valence-electron chi connectivity index (χ2n) is 6.07. The Morgan fingerprint density at radius 2 is 2.20 bits per heavy atom. The molecule has 0 spiro atoms. The van der Waals surface area contributed by atoms with E-state index in [-0.39, 0.29) is 28.2 Å². The Bertz CT molecular complexity index is 519. The lowest BCUT2D eigenvalue weighted by Gasteiger charge is -2.31. The van der Waals surface area contributed by atoms with Gasteiger partial charge in [0, 0.05) is 12.2 Å². The van der Waals surface area contributed by atoms with Crippen LogP contribution in [0, 0.1) is 5.41 Å². The lowest BCUT2D eigenvalue weighted by molar-refractivity contribution is -0.126. The van der Waals surface area contributed by atoms with Crippen molar-refractivity contribution in [1.82, 2.24) is 15.5 Å². The van der Waals surface area contributed by atoms with Crippen molar-refractivity contribution in [1.29, 1.82) is 0 Å². The molecule has 2 aliphatic rings. The van der Waals surface area contributed by atoms with E-state index in [0.717, 1.165) is 0 Å². The SMILES string of the molecule is CC(NC(=O)C1NC(Cl)=C2C(F)=CC=CN21)C(C)(C)C. The lowest BCUT2D eigenvalue weighted by Crippen LogP contribution is -2.52. The first-order valence-corrected chi connectivity index (χ1v) is 6.89. The third kappa shape index (κ3) is 2.68. The fourth-order valence-corrected chi connectivity index (χ4v) is 2.18. The summed E-state index contributed by atoms with van der Waals surface area (Å²) in [7, 11) is 0. The van der Waals surface area contributed by atoms with Gasteiger partial charge in [-0.05, 0) is 24.5 Å². The summed E-state index contributed by atoms with van der Waals surface area (Å²) < 4.78 is 13.7. The van der Waals surface area contributed by atoms with E-state index >= 15 is 0 Å². The van der Waals surface area contributed by atoms with Crippen molar-refractivity contribution in [2.45, 2.75) is 39.9 Å². The second kappa shape index (κ2) is 5.13. The Labute approximate surface area is 123 Å². The van der Waals surface area contributed by atoms with Gasteiger partial charge in [-0.3, -0.25) is 4.79 Å². The minimum Gasteiger partial charge on any atom is -0.350 e. The number of allylic oxidation sites excluding steroid dienone is 3. The molecule has 0 bridgehead atoms. The van der Waals surface area contributed by atoms with Crippen LogP contribution in [0.3, 0.4) is 0 Å². The number of fused-ring (bicyclic) bond motifs is 1. The number of hydrogen-bond donors (Lipinski definition) is 2. The van der Waals surface area contributed by atoms with Crippen molar-refractivity contribution < 1.29 is 9.18 Å². The maximum atomic E-state index is 13.7. The Morgan fingerprint density at radius 3 is 2.80 bits per heavy atom. The quantitative estimate of drug-likeness (QED) is 0.770. The highest BCUT2D eigenvalue weighted by atomic mass is 35.5. The highest BCUT2D eigenvalue weighted by molar-refractivity contribution is 6.30. The van der Waals surface area contributed by atoms with E-state index in [9.17, 15) is 9.18 Å². The molecule has 110 valence electrons. The highest BCUT2D eigenvalue weighted by Gasteiger charge is 2.38. The topological polar surface area (TPSA) is 44.4 Å². The molecule has 0 fully saturated rings. The smallest absolute Gasteiger partial charge is 0.264 e. The molecular formula is C14H19ClFN3O. The van der Waals surface area contributed by atoms with Gasteiger partial charge in [0.25, 0.3) is 5.91 Å². The Hall–Kier alpha value is -1.49. The molecule has 2 heterocycles. The average Bonchev–Trinajstić information content (AvgIpc) is 2.67. The van der Waals surface area contributed by atoms with E-state index in [1.807, 2.05) is 27.7 Å². The van der Waals surface area contributed by atoms with Crippen molar-refractivity contribution >= 4 is 17.5 Å². The van der Waals surface area contributed by atoms with Gasteiger partial charge in [0.15, 0.2) is 6.17 Å². The van der Waals surface area contributed by atoms with E-state index in [1.54, 1.807) is 12.3 Å². The molecule has 2 atom stereocenters. The number of rotatable bonds is 2. The summed E-state index contributed by atoms with van der Waals surface area (Å²) in [4.78, 5) is 13.8. The maximum Gasteiger partial charge on any atom is 0.264 e. The summed E-state index contributed by atoms with van der Waals surface area (Å²) in [5.41, 5.74) is 0.148. The maximum absolute atomic E-state index is 13.7. The van der Waals surface area contributed by atoms with Gasteiger partial charge in [-0.2, -0.15) is 0 Å². The van der Waals surface area contributed by atoms with Crippen LogP contribution in [-0.4, -0.2) is 23.0 Å². The molecule has 2 N–H and O–H groups in total. The van der Waals surface area contributed by atoms with Crippen LogP contribution >= 0.6 is 11.6 Å². The standard InChI is InChI=1S/C14H19ClFN3O/c1-8(14(2,3)4)17-13(20)12-18-11(15)10-9(16)6-5-7-19(10)12/h5-8,12,18H,1-4H3,(H,17,20). The zero-order valence-electron chi connectivity index (χ0n) is 12.0. The van der Waals surface area contributed by atoms with Gasteiger partial charge in [0.2, 0.25) is 0 Å². The van der Waals surface area contributed by atoms with Crippen molar-refractivity contribution in [2.75, 3.05) is 0 Å². The minimum absolute atomic E-state index is 0.0196. The van der Waals surface area contributed by atoms with Crippen LogP contribution in [-0.2, 0) is 4.79 Å². The number of nitrogens with one attached hydrogen (secondary N) is 2. The van der Waals surface area contributed by atoms with Crippen LogP contribution < -0.4 is 10.6 Å². The zero-order valence-corrected chi connectivity index (χ0v) is 12.8. The minimum atomic E-state index is -0.724. The first kappa shape index (κ1) is 14.9. The van der Waals surface area contributed by atoms with Crippen LogP contribution in [0.1, 0.15) is 27.7 Å². The molecule has 0 aromatic carbocycles. The number of halogens is 2. The molecule has 0 aromatic rings. The van der Waals surface area contributed by atoms with Gasteiger partial charge in [-0.15, -0.1) is 0 Å². The number of carbonyl (C=O) groups excluding carboxylic acids is 1. The molecule has 0 radical (unpaired) electrons. The Kier molecular flexibility index (Phi) is 3.82. The van der Waals surface area contributed by atoms with E-state index < -0.39 is 12.0 Å². The van der Waals surface area contributed by atoms with Crippen LogP contribution in [0.15, 0.2) is 35.0 Å². The van der Waals surface area contributed by atoms with Gasteiger partial charge < -0.3 is 15.5 Å². The zero-order chi connectivity index (χ0) is 15.1. The van der Waals surface area contributed by atoms with Gasteiger partial charge in [0.05, 0.1) is 0 Å². The van der Waals surface area contributed by atoms with E-state index in [0.29, 0.717) is 0 Å². The summed E-state index contributed by atoms with van der Waals surface area (Å²) in [5.74, 6) is -0.691. The monoisotopic (exact) mass is 299 g/mol. The summed E-state index contributed by atoms with van der Waals surface area (Å²) >= 11 is 5.98. The molecule has 2 unspecified atom stereocenters. The molecule has 0 saturated heterocycles. The third-order valence-electron chi connectivity index (χ3n) is 3.63. The van der Waals surface area contributed by atoms with Gasteiger partial charge >= 0.3 is 0 Å². The van der Waals surface area contributed by atoms with Crippen molar-refractivity contribution in [3.8, 4) is 0 Å². The van der Waals surface area contributed by atoms with Gasteiger partial charge in [-0.25, -0.2) is 4.39 Å². The highest BCUT2D eigenvalue weighted by Crippen LogP contribution is 2.32. The summed E-state index contributed by atoms with van der Waals surface area (Å²) in [6.07, 6.45) is 3.77. The summed E-state index contributed by atoms with van der Waals surface area (Å²) in [6, 6.07) is -0.0196. The van der Waals surface area contributed by atoms with Crippen LogP contribution in [0.4, 0.5) is 4.39 Å². The van der Waals surface area contributed by atoms with Gasteiger partial charge in [0.1, 0.15) is 16.7 Å². The van der Waals surface area contributed by atoms with Crippen molar-refractivity contribution in [2.24, 2.45) is 5.41 Å². The largest absolute Gasteiger partial charge is 0.350 e.